The molecule has 0 spiro atoms. The molecule has 0 radical (unpaired) electrons. The summed E-state index contributed by atoms with van der Waals surface area (Å²) in [5.41, 5.74) is 4.08. The average molecular weight is 323 g/mol. The van der Waals surface area contributed by atoms with E-state index in [4.69, 9.17) is 0 Å². The van der Waals surface area contributed by atoms with Gasteiger partial charge in [-0.3, -0.25) is 14.2 Å². The van der Waals surface area contributed by atoms with E-state index in [1.54, 1.807) is 16.5 Å². The molecule has 2 heterocycles. The summed E-state index contributed by atoms with van der Waals surface area (Å²) in [7, 11) is 1.73. The third-order valence-corrected chi connectivity index (χ3v) is 5.41. The lowest BCUT2D eigenvalue weighted by atomic mass is 9.97. The molecule has 0 saturated carbocycles. The second-order valence-electron chi connectivity index (χ2n) is 6.84. The molecule has 5 heteroatoms. The van der Waals surface area contributed by atoms with Crippen molar-refractivity contribution in [2.24, 2.45) is 7.05 Å². The lowest BCUT2D eigenvalue weighted by molar-refractivity contribution is -0.132. The zero-order chi connectivity index (χ0) is 16.8. The number of nitrogens with zero attached hydrogens (tertiary/aromatic N) is 3. The summed E-state index contributed by atoms with van der Waals surface area (Å²) < 4.78 is 1.56. The van der Waals surface area contributed by atoms with Crippen molar-refractivity contribution < 1.29 is 4.79 Å². The van der Waals surface area contributed by atoms with E-state index < -0.39 is 0 Å². The second kappa shape index (κ2) is 5.58. The van der Waals surface area contributed by atoms with Gasteiger partial charge < -0.3 is 4.90 Å². The summed E-state index contributed by atoms with van der Waals surface area (Å²) in [4.78, 5) is 31.4. The van der Waals surface area contributed by atoms with Gasteiger partial charge in [0.15, 0.2) is 0 Å². The SMILES string of the molecule is Cc1nc2c(c(=O)n1C)CN(C(=O)CC1CCc3ccccc31)C2. The summed E-state index contributed by atoms with van der Waals surface area (Å²) in [6.07, 6.45) is 2.60. The van der Waals surface area contributed by atoms with Crippen LogP contribution in [0.25, 0.3) is 0 Å². The summed E-state index contributed by atoms with van der Waals surface area (Å²) in [5, 5.41) is 0. The van der Waals surface area contributed by atoms with E-state index in [1.165, 1.54) is 11.1 Å². The molecule has 124 valence electrons. The minimum atomic E-state index is -0.0287. The monoisotopic (exact) mass is 323 g/mol. The van der Waals surface area contributed by atoms with E-state index >= 15 is 0 Å². The fraction of sp³-hybridized carbons (Fsp3) is 0.421. The quantitative estimate of drug-likeness (QED) is 0.850. The number of aryl methyl sites for hydroxylation is 2. The molecule has 0 saturated heterocycles. The normalized spacial score (nSPS) is 18.6. The van der Waals surface area contributed by atoms with Gasteiger partial charge in [-0.15, -0.1) is 0 Å². The van der Waals surface area contributed by atoms with Crippen LogP contribution in [0.2, 0.25) is 0 Å². The maximum absolute atomic E-state index is 12.8. The largest absolute Gasteiger partial charge is 0.332 e. The molecule has 0 N–H and O–H groups in total. The second-order valence-corrected chi connectivity index (χ2v) is 6.84. The number of amides is 1. The first-order chi connectivity index (χ1) is 11.5. The minimum Gasteiger partial charge on any atom is -0.332 e. The van der Waals surface area contributed by atoms with E-state index in [0.29, 0.717) is 36.8 Å². The van der Waals surface area contributed by atoms with E-state index in [2.05, 4.69) is 23.2 Å². The molecule has 1 amide bonds. The molecule has 2 aliphatic rings. The molecule has 0 bridgehead atoms. The fourth-order valence-corrected chi connectivity index (χ4v) is 3.90. The van der Waals surface area contributed by atoms with Crippen LogP contribution < -0.4 is 5.56 Å². The van der Waals surface area contributed by atoms with Crippen LogP contribution >= 0.6 is 0 Å². The van der Waals surface area contributed by atoms with Crippen molar-refractivity contribution in [3.05, 3.63) is 62.8 Å². The smallest absolute Gasteiger partial charge is 0.258 e. The predicted octanol–water partition coefficient (Wildman–Crippen LogP) is 2.05. The van der Waals surface area contributed by atoms with Crippen molar-refractivity contribution in [3.63, 3.8) is 0 Å². The van der Waals surface area contributed by atoms with E-state index in [0.717, 1.165) is 18.5 Å². The summed E-state index contributed by atoms with van der Waals surface area (Å²) >= 11 is 0. The average Bonchev–Trinajstić information content (AvgIpc) is 3.18. The molecule has 1 atom stereocenters. The van der Waals surface area contributed by atoms with Gasteiger partial charge >= 0.3 is 0 Å². The van der Waals surface area contributed by atoms with E-state index in [1.807, 2.05) is 13.0 Å². The van der Waals surface area contributed by atoms with Gasteiger partial charge in [0.25, 0.3) is 5.56 Å². The molecule has 1 aliphatic heterocycles. The molecule has 2 aromatic rings. The Balaban J connectivity index is 1.52. The molecule has 4 rings (SSSR count). The third-order valence-electron chi connectivity index (χ3n) is 5.41. The summed E-state index contributed by atoms with van der Waals surface area (Å²) in [6.45, 7) is 2.67. The standard InChI is InChI=1S/C19H21N3O2/c1-12-20-17-11-22(10-16(17)19(24)21(12)2)18(23)9-14-8-7-13-5-3-4-6-15(13)14/h3-6,14H,7-11H2,1-2H3. The number of aromatic nitrogens is 2. The molecular formula is C19H21N3O2. The Morgan fingerprint density at radius 1 is 1.29 bits per heavy atom. The van der Waals surface area contributed by atoms with E-state index in [9.17, 15) is 9.59 Å². The lowest BCUT2D eigenvalue weighted by Gasteiger charge is -2.18. The first-order valence-electron chi connectivity index (χ1n) is 8.45. The Kier molecular flexibility index (Phi) is 3.52. The van der Waals surface area contributed by atoms with Crippen LogP contribution in [-0.4, -0.2) is 20.4 Å². The number of fused-ring (bicyclic) bond motifs is 2. The molecule has 1 aromatic heterocycles. The van der Waals surface area contributed by atoms with Crippen LogP contribution in [0.5, 0.6) is 0 Å². The van der Waals surface area contributed by atoms with Crippen molar-refractivity contribution in [2.75, 3.05) is 0 Å². The Morgan fingerprint density at radius 3 is 2.92 bits per heavy atom. The molecular weight excluding hydrogens is 302 g/mol. The van der Waals surface area contributed by atoms with Crippen LogP contribution in [0.15, 0.2) is 29.1 Å². The van der Waals surface area contributed by atoms with Crippen molar-refractivity contribution in [3.8, 4) is 0 Å². The van der Waals surface area contributed by atoms with Crippen LogP contribution in [-0.2, 0) is 31.4 Å². The number of rotatable bonds is 2. The highest BCUT2D eigenvalue weighted by molar-refractivity contribution is 5.78. The van der Waals surface area contributed by atoms with Crippen LogP contribution in [0.1, 0.15) is 47.0 Å². The van der Waals surface area contributed by atoms with Crippen molar-refractivity contribution in [1.82, 2.24) is 14.5 Å². The predicted molar refractivity (Wildman–Crippen MR) is 90.6 cm³/mol. The zero-order valence-corrected chi connectivity index (χ0v) is 14.1. The molecule has 1 aliphatic carbocycles. The van der Waals surface area contributed by atoms with Gasteiger partial charge in [-0.1, -0.05) is 24.3 Å². The number of hydrogen-bond donors (Lipinski definition) is 0. The molecule has 1 aromatic carbocycles. The third kappa shape index (κ3) is 2.35. The maximum Gasteiger partial charge on any atom is 0.258 e. The van der Waals surface area contributed by atoms with Crippen LogP contribution in [0.4, 0.5) is 0 Å². The first-order valence-corrected chi connectivity index (χ1v) is 8.45. The Bertz CT molecular complexity index is 885. The van der Waals surface area contributed by atoms with Gasteiger partial charge in [0.2, 0.25) is 5.91 Å². The Labute approximate surface area is 140 Å². The summed E-state index contributed by atoms with van der Waals surface area (Å²) in [5.74, 6) is 1.11. The number of benzene rings is 1. The summed E-state index contributed by atoms with van der Waals surface area (Å²) in [6, 6.07) is 8.40. The Hall–Kier alpha value is -2.43. The number of carbonyl (C=O) groups is 1. The van der Waals surface area contributed by atoms with Crippen molar-refractivity contribution >= 4 is 5.91 Å². The molecule has 5 nitrogen and oxygen atoms in total. The maximum atomic E-state index is 12.8. The van der Waals surface area contributed by atoms with Gasteiger partial charge in [0.05, 0.1) is 24.3 Å². The van der Waals surface area contributed by atoms with Crippen LogP contribution in [0, 0.1) is 6.92 Å². The lowest BCUT2D eigenvalue weighted by Crippen LogP contribution is -2.28. The highest BCUT2D eigenvalue weighted by atomic mass is 16.2. The fourth-order valence-electron chi connectivity index (χ4n) is 3.90. The number of carbonyl (C=O) groups excluding carboxylic acids is 1. The highest BCUT2D eigenvalue weighted by Crippen LogP contribution is 2.36. The van der Waals surface area contributed by atoms with Gasteiger partial charge in [-0.25, -0.2) is 4.98 Å². The first kappa shape index (κ1) is 15.1. The Morgan fingerprint density at radius 2 is 2.08 bits per heavy atom. The van der Waals surface area contributed by atoms with Gasteiger partial charge in [-0.2, -0.15) is 0 Å². The minimum absolute atomic E-state index is 0.0287. The molecule has 1 unspecified atom stereocenters. The molecule has 24 heavy (non-hydrogen) atoms. The van der Waals surface area contributed by atoms with Crippen molar-refractivity contribution in [1.29, 1.82) is 0 Å². The van der Waals surface area contributed by atoms with Crippen molar-refractivity contribution in [2.45, 2.75) is 45.2 Å². The van der Waals surface area contributed by atoms with Gasteiger partial charge in [0, 0.05) is 13.5 Å². The van der Waals surface area contributed by atoms with Gasteiger partial charge in [-0.05, 0) is 36.8 Å². The molecule has 0 fully saturated rings. The van der Waals surface area contributed by atoms with Crippen LogP contribution in [0.3, 0.4) is 0 Å². The van der Waals surface area contributed by atoms with Gasteiger partial charge in [0.1, 0.15) is 5.82 Å². The number of hydrogen-bond acceptors (Lipinski definition) is 3. The topological polar surface area (TPSA) is 55.2 Å². The highest BCUT2D eigenvalue weighted by Gasteiger charge is 2.31. The van der Waals surface area contributed by atoms with E-state index in [-0.39, 0.29) is 11.5 Å². The zero-order valence-electron chi connectivity index (χ0n) is 14.1.